The minimum absolute atomic E-state index is 0.271. The summed E-state index contributed by atoms with van der Waals surface area (Å²) in [5, 5.41) is 7.66. The van der Waals surface area contributed by atoms with Crippen LogP contribution in [0.2, 0.25) is 5.02 Å². The van der Waals surface area contributed by atoms with Crippen molar-refractivity contribution in [3.8, 4) is 0 Å². The Hall–Kier alpha value is -1.69. The molecular weight excluding hydrogens is 316 g/mol. The van der Waals surface area contributed by atoms with Gasteiger partial charge in [0.25, 0.3) is 0 Å². The molecule has 0 bridgehead atoms. The van der Waals surface area contributed by atoms with Crippen LogP contribution in [0.15, 0.2) is 48.8 Å². The molecule has 116 valence electrons. The highest BCUT2D eigenvalue weighted by Gasteiger charge is 2.18. The summed E-state index contributed by atoms with van der Waals surface area (Å²) >= 11 is 11.3. The Morgan fingerprint density at radius 1 is 1.32 bits per heavy atom. The second-order valence-electron chi connectivity index (χ2n) is 5.26. The summed E-state index contributed by atoms with van der Waals surface area (Å²) in [6.07, 6.45) is 3.68. The summed E-state index contributed by atoms with van der Waals surface area (Å²) in [7, 11) is 4.24. The first-order valence-corrected chi connectivity index (χ1v) is 7.85. The number of pyridine rings is 1. The summed E-state index contributed by atoms with van der Waals surface area (Å²) < 4.78 is 0. The monoisotopic (exact) mass is 335 g/mol. The molecule has 0 radical (unpaired) electrons. The van der Waals surface area contributed by atoms with Gasteiger partial charge in [-0.25, -0.2) is 0 Å². The lowest BCUT2D eigenvalue weighted by Crippen LogP contribution is -3.07. The van der Waals surface area contributed by atoms with Crippen molar-refractivity contribution in [2.24, 2.45) is 0 Å². The number of hydrogen-bond donors (Lipinski definition) is 3. The highest BCUT2D eigenvalue weighted by atomic mass is 35.5. The van der Waals surface area contributed by atoms with Gasteiger partial charge in [0.15, 0.2) is 5.11 Å². The topological polar surface area (TPSA) is 41.4 Å². The molecule has 3 N–H and O–H groups in total. The molecule has 0 aliphatic rings. The van der Waals surface area contributed by atoms with E-state index in [1.165, 1.54) is 10.5 Å². The highest BCUT2D eigenvalue weighted by Crippen LogP contribution is 2.14. The number of thiocarbonyl (C=S) groups is 1. The van der Waals surface area contributed by atoms with E-state index in [0.29, 0.717) is 10.1 Å². The Bertz CT molecular complexity index is 619. The SMILES string of the molecule is C[NH+](C)C(CNC(=S)Nc1cccc(Cl)c1)c1cccnc1. The molecule has 1 heterocycles. The number of nitrogens with zero attached hydrogens (tertiary/aromatic N) is 1. The fraction of sp³-hybridized carbons (Fsp3) is 0.250. The Labute approximate surface area is 141 Å². The summed E-state index contributed by atoms with van der Waals surface area (Å²) in [6.45, 7) is 0.723. The molecule has 22 heavy (non-hydrogen) atoms. The summed E-state index contributed by atoms with van der Waals surface area (Å²) in [5.74, 6) is 0. The number of quaternary nitrogens is 1. The van der Waals surface area contributed by atoms with Crippen LogP contribution < -0.4 is 15.5 Å². The van der Waals surface area contributed by atoms with Crippen LogP contribution in [-0.4, -0.2) is 30.7 Å². The molecule has 0 saturated carbocycles. The van der Waals surface area contributed by atoms with Gasteiger partial charge in [-0.1, -0.05) is 17.7 Å². The third kappa shape index (κ3) is 4.94. The van der Waals surface area contributed by atoms with Crippen LogP contribution in [0, 0.1) is 0 Å². The van der Waals surface area contributed by atoms with Gasteiger partial charge >= 0.3 is 0 Å². The molecule has 2 rings (SSSR count). The van der Waals surface area contributed by atoms with Crippen molar-refractivity contribution < 1.29 is 4.90 Å². The first-order chi connectivity index (χ1) is 10.6. The molecule has 0 spiro atoms. The number of rotatable bonds is 5. The van der Waals surface area contributed by atoms with E-state index in [0.717, 1.165) is 12.2 Å². The molecule has 1 atom stereocenters. The van der Waals surface area contributed by atoms with Crippen LogP contribution in [0.4, 0.5) is 5.69 Å². The molecule has 0 amide bonds. The normalized spacial score (nSPS) is 12.0. The smallest absolute Gasteiger partial charge is 0.171 e. The minimum atomic E-state index is 0.271. The van der Waals surface area contributed by atoms with Gasteiger partial charge in [0.2, 0.25) is 0 Å². The number of anilines is 1. The molecule has 1 unspecified atom stereocenters. The van der Waals surface area contributed by atoms with Gasteiger partial charge in [0.05, 0.1) is 20.6 Å². The molecular formula is C16H20ClN4S+. The van der Waals surface area contributed by atoms with E-state index in [9.17, 15) is 0 Å². The van der Waals surface area contributed by atoms with Gasteiger partial charge in [-0.2, -0.15) is 0 Å². The molecule has 6 heteroatoms. The zero-order chi connectivity index (χ0) is 15.9. The van der Waals surface area contributed by atoms with Gasteiger partial charge in [-0.3, -0.25) is 4.98 Å². The van der Waals surface area contributed by atoms with E-state index in [4.69, 9.17) is 23.8 Å². The third-order valence-electron chi connectivity index (χ3n) is 3.33. The van der Waals surface area contributed by atoms with Crippen LogP contribution in [-0.2, 0) is 0 Å². The number of aromatic nitrogens is 1. The molecule has 0 fully saturated rings. The van der Waals surface area contributed by atoms with Crippen LogP contribution in [0.5, 0.6) is 0 Å². The number of hydrogen-bond acceptors (Lipinski definition) is 2. The van der Waals surface area contributed by atoms with Gasteiger partial charge < -0.3 is 15.5 Å². The van der Waals surface area contributed by atoms with Crippen molar-refractivity contribution in [2.75, 3.05) is 26.0 Å². The van der Waals surface area contributed by atoms with E-state index in [1.54, 1.807) is 6.20 Å². The Morgan fingerprint density at radius 3 is 2.77 bits per heavy atom. The molecule has 0 aliphatic carbocycles. The fourth-order valence-corrected chi connectivity index (χ4v) is 2.57. The quantitative estimate of drug-likeness (QED) is 0.730. The molecule has 0 aliphatic heterocycles. The van der Waals surface area contributed by atoms with Crippen molar-refractivity contribution >= 4 is 34.6 Å². The van der Waals surface area contributed by atoms with E-state index in [2.05, 4.69) is 35.8 Å². The van der Waals surface area contributed by atoms with E-state index < -0.39 is 0 Å². The number of likely N-dealkylation sites (N-methyl/N-ethyl adjacent to an activating group) is 1. The van der Waals surface area contributed by atoms with Crippen molar-refractivity contribution in [3.63, 3.8) is 0 Å². The second kappa shape index (κ2) is 8.08. The van der Waals surface area contributed by atoms with Crippen LogP contribution in [0.3, 0.4) is 0 Å². The van der Waals surface area contributed by atoms with Gasteiger partial charge in [0, 0.05) is 28.7 Å². The second-order valence-corrected chi connectivity index (χ2v) is 6.11. The molecule has 1 aromatic heterocycles. The van der Waals surface area contributed by atoms with Gasteiger partial charge in [0.1, 0.15) is 6.04 Å². The average molecular weight is 336 g/mol. The zero-order valence-corrected chi connectivity index (χ0v) is 14.2. The maximum Gasteiger partial charge on any atom is 0.171 e. The Morgan fingerprint density at radius 2 is 2.14 bits per heavy atom. The fourth-order valence-electron chi connectivity index (χ4n) is 2.17. The minimum Gasteiger partial charge on any atom is -0.356 e. The first kappa shape index (κ1) is 16.7. The molecule has 1 aromatic carbocycles. The van der Waals surface area contributed by atoms with Crippen LogP contribution >= 0.6 is 23.8 Å². The van der Waals surface area contributed by atoms with Crippen molar-refractivity contribution in [2.45, 2.75) is 6.04 Å². The van der Waals surface area contributed by atoms with Crippen molar-refractivity contribution in [1.29, 1.82) is 0 Å². The first-order valence-electron chi connectivity index (χ1n) is 7.06. The van der Waals surface area contributed by atoms with Crippen molar-refractivity contribution in [1.82, 2.24) is 10.3 Å². The lowest BCUT2D eigenvalue weighted by atomic mass is 10.1. The van der Waals surface area contributed by atoms with Crippen LogP contribution in [0.1, 0.15) is 11.6 Å². The van der Waals surface area contributed by atoms with Crippen molar-refractivity contribution in [3.05, 3.63) is 59.4 Å². The van der Waals surface area contributed by atoms with Gasteiger partial charge in [-0.15, -0.1) is 0 Å². The third-order valence-corrected chi connectivity index (χ3v) is 3.81. The Balaban J connectivity index is 1.94. The summed E-state index contributed by atoms with van der Waals surface area (Å²) in [6, 6.07) is 11.8. The Kier molecular flexibility index (Phi) is 6.12. The maximum absolute atomic E-state index is 5.96. The lowest BCUT2D eigenvalue weighted by Gasteiger charge is -2.22. The summed E-state index contributed by atoms with van der Waals surface area (Å²) in [4.78, 5) is 5.50. The lowest BCUT2D eigenvalue weighted by molar-refractivity contribution is -0.890. The highest BCUT2D eigenvalue weighted by molar-refractivity contribution is 7.80. The van der Waals surface area contributed by atoms with Gasteiger partial charge in [-0.05, 0) is 42.5 Å². The summed E-state index contributed by atoms with van der Waals surface area (Å²) in [5.41, 5.74) is 2.06. The number of halogens is 1. The standard InChI is InChI=1S/C16H19ClN4S/c1-21(2)15(12-5-4-8-18-10-12)11-19-16(22)20-14-7-3-6-13(17)9-14/h3-10,15H,11H2,1-2H3,(H2,19,20,22)/p+1. The largest absolute Gasteiger partial charge is 0.356 e. The van der Waals surface area contributed by atoms with E-state index >= 15 is 0 Å². The maximum atomic E-state index is 5.96. The van der Waals surface area contributed by atoms with E-state index in [1.807, 2.05) is 36.5 Å². The number of nitrogens with one attached hydrogen (secondary N) is 3. The molecule has 0 saturated heterocycles. The zero-order valence-electron chi connectivity index (χ0n) is 12.6. The predicted octanol–water partition coefficient (Wildman–Crippen LogP) is 1.91. The van der Waals surface area contributed by atoms with Crippen LogP contribution in [0.25, 0.3) is 0 Å². The molecule has 4 nitrogen and oxygen atoms in total. The molecule has 2 aromatic rings. The predicted molar refractivity (Wildman–Crippen MR) is 95.5 cm³/mol. The number of benzene rings is 1. The average Bonchev–Trinajstić information content (AvgIpc) is 2.48. The van der Waals surface area contributed by atoms with E-state index in [-0.39, 0.29) is 6.04 Å².